The maximum atomic E-state index is 12.9. The van der Waals surface area contributed by atoms with Crippen molar-refractivity contribution < 1.29 is 9.53 Å². The van der Waals surface area contributed by atoms with E-state index in [0.29, 0.717) is 5.75 Å². The molecule has 0 amide bonds. The van der Waals surface area contributed by atoms with Gasteiger partial charge in [0.15, 0.2) is 0 Å². The van der Waals surface area contributed by atoms with Crippen LogP contribution in [0.1, 0.15) is 48.0 Å². The van der Waals surface area contributed by atoms with Crippen molar-refractivity contribution in [2.45, 2.75) is 48.0 Å². The van der Waals surface area contributed by atoms with Gasteiger partial charge in [-0.1, -0.05) is 65.0 Å². The van der Waals surface area contributed by atoms with E-state index in [-0.39, 0.29) is 17.3 Å². The molecule has 2 aromatic carbocycles. The lowest BCUT2D eigenvalue weighted by molar-refractivity contribution is -0.149. The molecule has 0 aliphatic carbocycles. The zero-order valence-corrected chi connectivity index (χ0v) is 15.1. The minimum absolute atomic E-state index is 0.0709. The van der Waals surface area contributed by atoms with Gasteiger partial charge in [-0.25, -0.2) is 0 Å². The van der Waals surface area contributed by atoms with Crippen LogP contribution in [0.3, 0.4) is 0 Å². The van der Waals surface area contributed by atoms with Gasteiger partial charge in [0.2, 0.25) is 0 Å². The Labute approximate surface area is 139 Å². The van der Waals surface area contributed by atoms with Crippen LogP contribution in [0.2, 0.25) is 0 Å². The summed E-state index contributed by atoms with van der Waals surface area (Å²) < 4.78 is 5.76. The van der Waals surface area contributed by atoms with Crippen LogP contribution in [0.4, 0.5) is 0 Å². The Morgan fingerprint density at radius 2 is 1.61 bits per heavy atom. The van der Waals surface area contributed by atoms with E-state index in [0.717, 1.165) is 17.2 Å². The van der Waals surface area contributed by atoms with Crippen LogP contribution in [-0.2, 0) is 4.79 Å². The first-order chi connectivity index (χ1) is 10.6. The van der Waals surface area contributed by atoms with Crippen molar-refractivity contribution in [3.8, 4) is 5.75 Å². The van der Waals surface area contributed by atoms with Gasteiger partial charge in [-0.2, -0.15) is 0 Å². The molecule has 2 nitrogen and oxygen atoms in total. The molecule has 0 spiro atoms. The number of benzene rings is 2. The summed E-state index contributed by atoms with van der Waals surface area (Å²) in [6.45, 7) is 12.7. The molecule has 0 aliphatic heterocycles. The summed E-state index contributed by atoms with van der Waals surface area (Å²) in [6.07, 6.45) is 0.796. The molecule has 0 bridgehead atoms. The Morgan fingerprint density at radius 1 is 1.00 bits per heavy atom. The number of rotatable bonds is 4. The van der Waals surface area contributed by atoms with Gasteiger partial charge in [-0.05, 0) is 47.6 Å². The lowest BCUT2D eigenvalue weighted by atomic mass is 9.69. The number of carbonyl (C=O) groups excluding carboxylic acids is 1. The smallest absolute Gasteiger partial charge is 0.317 e. The highest BCUT2D eigenvalue weighted by Gasteiger charge is 2.41. The maximum absolute atomic E-state index is 12.9. The second kappa shape index (κ2) is 6.35. The summed E-state index contributed by atoms with van der Waals surface area (Å²) in [5.74, 6) is 0.696. The molecule has 1 atom stereocenters. The Hall–Kier alpha value is -1.83. The van der Waals surface area contributed by atoms with E-state index in [2.05, 4.69) is 40.7 Å². The quantitative estimate of drug-likeness (QED) is 0.523. The topological polar surface area (TPSA) is 26.3 Å². The molecule has 2 rings (SSSR count). The van der Waals surface area contributed by atoms with E-state index in [9.17, 15) is 4.79 Å². The Bertz CT molecular complexity index is 694. The summed E-state index contributed by atoms with van der Waals surface area (Å²) in [4.78, 5) is 12.9. The molecule has 2 heteroatoms. The summed E-state index contributed by atoms with van der Waals surface area (Å²) in [5.41, 5.74) is -0.425. The van der Waals surface area contributed by atoms with Crippen LogP contribution in [0, 0.1) is 16.7 Å². The molecule has 0 aromatic heterocycles. The van der Waals surface area contributed by atoms with E-state index in [1.165, 1.54) is 0 Å². The van der Waals surface area contributed by atoms with E-state index >= 15 is 0 Å². The number of hydrogen-bond donors (Lipinski definition) is 0. The van der Waals surface area contributed by atoms with Crippen LogP contribution in [0.15, 0.2) is 42.5 Å². The van der Waals surface area contributed by atoms with Gasteiger partial charge in [-0.3, -0.25) is 4.79 Å². The van der Waals surface area contributed by atoms with E-state index in [1.807, 2.05) is 43.3 Å². The van der Waals surface area contributed by atoms with E-state index in [4.69, 9.17) is 4.74 Å². The lowest BCUT2D eigenvalue weighted by Gasteiger charge is -2.36. The molecule has 0 heterocycles. The summed E-state index contributed by atoms with van der Waals surface area (Å²) in [5, 5.41) is 2.23. The third-order valence-corrected chi connectivity index (χ3v) is 4.57. The fourth-order valence-electron chi connectivity index (χ4n) is 3.07. The molecule has 0 saturated heterocycles. The molecule has 124 valence electrons. The van der Waals surface area contributed by atoms with Crippen molar-refractivity contribution in [1.29, 1.82) is 0 Å². The second-order valence-electron chi connectivity index (χ2n) is 8.21. The van der Waals surface area contributed by atoms with Crippen molar-refractivity contribution >= 4 is 16.7 Å². The third kappa shape index (κ3) is 4.13. The summed E-state index contributed by atoms with van der Waals surface area (Å²) in [7, 11) is 0. The molecular weight excluding hydrogens is 284 g/mol. The molecule has 0 aliphatic rings. The van der Waals surface area contributed by atoms with Gasteiger partial charge in [0.05, 0.1) is 5.41 Å². The monoisotopic (exact) mass is 312 g/mol. The largest absolute Gasteiger partial charge is 0.426 e. The molecular formula is C21H28O2. The van der Waals surface area contributed by atoms with Gasteiger partial charge in [0, 0.05) is 0 Å². The molecule has 0 N–H and O–H groups in total. The standard InChI is InChI=1S/C21H28O2/c1-15(2)21(6,14-20(3,4)5)19(22)23-18-12-11-16-9-7-8-10-17(16)13-18/h7-13,15H,14H2,1-6H3. The predicted octanol–water partition coefficient (Wildman–Crippen LogP) is 5.84. The van der Waals surface area contributed by atoms with Crippen LogP contribution in [0.25, 0.3) is 10.8 Å². The first-order valence-corrected chi connectivity index (χ1v) is 8.33. The normalized spacial score (nSPS) is 14.7. The molecule has 0 saturated carbocycles. The van der Waals surface area contributed by atoms with Crippen LogP contribution < -0.4 is 4.74 Å². The Morgan fingerprint density at radius 3 is 2.17 bits per heavy atom. The van der Waals surface area contributed by atoms with Gasteiger partial charge >= 0.3 is 5.97 Å². The molecule has 0 fully saturated rings. The van der Waals surface area contributed by atoms with Crippen molar-refractivity contribution in [3.05, 3.63) is 42.5 Å². The molecule has 1 unspecified atom stereocenters. The average molecular weight is 312 g/mol. The molecule has 23 heavy (non-hydrogen) atoms. The van der Waals surface area contributed by atoms with Crippen LogP contribution >= 0.6 is 0 Å². The minimum Gasteiger partial charge on any atom is -0.426 e. The minimum atomic E-state index is -0.496. The molecule has 0 radical (unpaired) electrons. The zero-order valence-electron chi connectivity index (χ0n) is 15.1. The number of carbonyl (C=O) groups is 1. The summed E-state index contributed by atoms with van der Waals surface area (Å²) in [6, 6.07) is 13.9. The van der Waals surface area contributed by atoms with E-state index in [1.54, 1.807) is 0 Å². The first kappa shape index (κ1) is 17.5. The van der Waals surface area contributed by atoms with Gasteiger partial charge in [0.1, 0.15) is 5.75 Å². The highest BCUT2D eigenvalue weighted by atomic mass is 16.5. The number of esters is 1. The zero-order chi connectivity index (χ0) is 17.3. The highest BCUT2D eigenvalue weighted by molar-refractivity contribution is 5.85. The van der Waals surface area contributed by atoms with Crippen LogP contribution in [0.5, 0.6) is 5.75 Å². The number of fused-ring (bicyclic) bond motifs is 1. The number of ether oxygens (including phenoxy) is 1. The Kier molecular flexibility index (Phi) is 4.84. The summed E-state index contributed by atoms with van der Waals surface area (Å²) >= 11 is 0. The van der Waals surface area contributed by atoms with Crippen molar-refractivity contribution in [3.63, 3.8) is 0 Å². The molecule has 2 aromatic rings. The Balaban J connectivity index is 2.26. The van der Waals surface area contributed by atoms with Crippen molar-refractivity contribution in [1.82, 2.24) is 0 Å². The van der Waals surface area contributed by atoms with Crippen molar-refractivity contribution in [2.24, 2.45) is 16.7 Å². The second-order valence-corrected chi connectivity index (χ2v) is 8.21. The predicted molar refractivity (Wildman–Crippen MR) is 96.6 cm³/mol. The lowest BCUT2D eigenvalue weighted by Crippen LogP contribution is -2.40. The SMILES string of the molecule is CC(C)C(C)(CC(C)(C)C)C(=O)Oc1ccc2ccccc2c1. The average Bonchev–Trinajstić information content (AvgIpc) is 2.45. The van der Waals surface area contributed by atoms with Gasteiger partial charge < -0.3 is 4.74 Å². The van der Waals surface area contributed by atoms with Gasteiger partial charge in [0.25, 0.3) is 0 Å². The maximum Gasteiger partial charge on any atom is 0.317 e. The third-order valence-electron chi connectivity index (χ3n) is 4.57. The fraction of sp³-hybridized carbons (Fsp3) is 0.476. The highest BCUT2D eigenvalue weighted by Crippen LogP contribution is 2.40. The fourth-order valence-corrected chi connectivity index (χ4v) is 3.07. The van der Waals surface area contributed by atoms with Crippen molar-refractivity contribution in [2.75, 3.05) is 0 Å². The first-order valence-electron chi connectivity index (χ1n) is 8.33. The van der Waals surface area contributed by atoms with E-state index < -0.39 is 5.41 Å². The number of hydrogen-bond acceptors (Lipinski definition) is 2. The van der Waals surface area contributed by atoms with Gasteiger partial charge in [-0.15, -0.1) is 0 Å². The van der Waals surface area contributed by atoms with Crippen LogP contribution in [-0.4, -0.2) is 5.97 Å².